The standard InChI is InChI=1S/C14H9ClN4O2/c15-9-3-1-7(5-10(9)16)13(20)17-8-2-4-11-12(6-8)19-14(21)18-11/h1-6H,16H2,(H,17,20). The number of nitrogen functional groups attached to an aromatic ring is 1. The smallest absolute Gasteiger partial charge is 0.368 e. The molecule has 0 atom stereocenters. The first-order chi connectivity index (χ1) is 10.0. The summed E-state index contributed by atoms with van der Waals surface area (Å²) in [5, 5.41) is 4.02. The van der Waals surface area contributed by atoms with E-state index in [0.717, 1.165) is 0 Å². The lowest BCUT2D eigenvalue weighted by atomic mass is 10.2. The topological polar surface area (TPSA) is 96.9 Å². The minimum atomic E-state index is -0.543. The minimum Gasteiger partial charge on any atom is -0.398 e. The highest BCUT2D eigenvalue weighted by molar-refractivity contribution is 6.33. The molecule has 0 fully saturated rings. The van der Waals surface area contributed by atoms with Crippen molar-refractivity contribution in [2.24, 2.45) is 9.98 Å². The fourth-order valence-electron chi connectivity index (χ4n) is 1.90. The Kier molecular flexibility index (Phi) is 3.15. The average Bonchev–Trinajstić information content (AvgIpc) is 2.81. The maximum absolute atomic E-state index is 12.1. The summed E-state index contributed by atoms with van der Waals surface area (Å²) in [6.45, 7) is 0. The molecule has 0 bridgehead atoms. The third kappa shape index (κ3) is 2.61. The highest BCUT2D eigenvalue weighted by Crippen LogP contribution is 2.20. The van der Waals surface area contributed by atoms with Gasteiger partial charge < -0.3 is 11.1 Å². The van der Waals surface area contributed by atoms with Crippen molar-refractivity contribution in [2.45, 2.75) is 0 Å². The van der Waals surface area contributed by atoms with Crippen LogP contribution in [0, 0.1) is 0 Å². The summed E-state index contributed by atoms with van der Waals surface area (Å²) in [5.41, 5.74) is 6.89. The van der Waals surface area contributed by atoms with E-state index in [1.54, 1.807) is 30.3 Å². The van der Waals surface area contributed by atoms with Crippen molar-refractivity contribution in [3.63, 3.8) is 0 Å². The molecule has 21 heavy (non-hydrogen) atoms. The van der Waals surface area contributed by atoms with Gasteiger partial charge in [0, 0.05) is 11.3 Å². The zero-order valence-electron chi connectivity index (χ0n) is 10.6. The Morgan fingerprint density at radius 3 is 2.62 bits per heavy atom. The number of hydrogen-bond acceptors (Lipinski definition) is 3. The van der Waals surface area contributed by atoms with Crippen LogP contribution in [0.15, 0.2) is 46.4 Å². The predicted octanol–water partition coefficient (Wildman–Crippen LogP) is 1.55. The Bertz CT molecular complexity index is 892. The number of hydrogen-bond donors (Lipinski definition) is 2. The summed E-state index contributed by atoms with van der Waals surface area (Å²) >= 11 is 5.81. The van der Waals surface area contributed by atoms with Crippen LogP contribution in [0.25, 0.3) is 0 Å². The molecular weight excluding hydrogens is 292 g/mol. The van der Waals surface area contributed by atoms with Gasteiger partial charge in [0.2, 0.25) is 0 Å². The van der Waals surface area contributed by atoms with E-state index in [1.165, 1.54) is 6.07 Å². The van der Waals surface area contributed by atoms with Gasteiger partial charge in [0.25, 0.3) is 5.91 Å². The number of carbonyl (C=O) groups excluding carboxylic acids is 2. The second kappa shape index (κ2) is 4.99. The molecule has 0 aromatic heterocycles. The fourth-order valence-corrected chi connectivity index (χ4v) is 2.02. The lowest BCUT2D eigenvalue weighted by Crippen LogP contribution is -2.23. The van der Waals surface area contributed by atoms with Crippen molar-refractivity contribution in [1.82, 2.24) is 0 Å². The SMILES string of the molecule is Nc1cc(C(=O)Nc2ccc3c(c2)=NC(=O)N=3)ccc1Cl. The molecule has 0 spiro atoms. The number of nitrogens with zero attached hydrogens (tertiary/aromatic N) is 2. The zero-order chi connectivity index (χ0) is 15.0. The van der Waals surface area contributed by atoms with E-state index in [9.17, 15) is 9.59 Å². The van der Waals surface area contributed by atoms with Gasteiger partial charge in [0.15, 0.2) is 0 Å². The largest absolute Gasteiger partial charge is 0.398 e. The van der Waals surface area contributed by atoms with Gasteiger partial charge in [-0.25, -0.2) is 4.79 Å². The van der Waals surface area contributed by atoms with Gasteiger partial charge in [-0.15, -0.1) is 0 Å². The average molecular weight is 301 g/mol. The third-order valence-corrected chi connectivity index (χ3v) is 3.27. The van der Waals surface area contributed by atoms with Crippen molar-refractivity contribution in [3.8, 4) is 0 Å². The van der Waals surface area contributed by atoms with Crippen LogP contribution >= 0.6 is 11.6 Å². The van der Waals surface area contributed by atoms with E-state index >= 15 is 0 Å². The van der Waals surface area contributed by atoms with Gasteiger partial charge in [-0.05, 0) is 36.4 Å². The Morgan fingerprint density at radius 2 is 1.86 bits per heavy atom. The van der Waals surface area contributed by atoms with E-state index in [1.807, 2.05) is 0 Å². The molecule has 0 saturated carbocycles. The van der Waals surface area contributed by atoms with Crippen molar-refractivity contribution in [3.05, 3.63) is 57.7 Å². The van der Waals surface area contributed by atoms with Crippen LogP contribution in [0.5, 0.6) is 0 Å². The maximum atomic E-state index is 12.1. The molecule has 0 radical (unpaired) electrons. The molecule has 0 saturated heterocycles. The van der Waals surface area contributed by atoms with E-state index in [-0.39, 0.29) is 5.91 Å². The highest BCUT2D eigenvalue weighted by Gasteiger charge is 2.10. The molecule has 7 heteroatoms. The predicted molar refractivity (Wildman–Crippen MR) is 78.0 cm³/mol. The first kappa shape index (κ1) is 13.3. The Morgan fingerprint density at radius 1 is 1.10 bits per heavy atom. The summed E-state index contributed by atoms with van der Waals surface area (Å²) in [7, 11) is 0. The molecule has 104 valence electrons. The molecule has 3 rings (SSSR count). The summed E-state index contributed by atoms with van der Waals surface area (Å²) in [6.07, 6.45) is 0. The van der Waals surface area contributed by atoms with Gasteiger partial charge in [-0.3, -0.25) is 4.79 Å². The number of nitrogens with two attached hydrogens (primary N) is 1. The zero-order valence-corrected chi connectivity index (χ0v) is 11.4. The number of carbonyl (C=O) groups is 2. The van der Waals surface area contributed by atoms with Crippen LogP contribution < -0.4 is 21.8 Å². The summed E-state index contributed by atoms with van der Waals surface area (Å²) in [6, 6.07) is 8.93. The van der Waals surface area contributed by atoms with Crippen molar-refractivity contribution in [2.75, 3.05) is 11.1 Å². The lowest BCUT2D eigenvalue weighted by Gasteiger charge is -2.06. The van der Waals surface area contributed by atoms with E-state index in [4.69, 9.17) is 17.3 Å². The Labute approximate surface area is 124 Å². The minimum absolute atomic E-state index is 0.331. The number of benzene rings is 2. The van der Waals surface area contributed by atoms with E-state index in [0.29, 0.717) is 32.7 Å². The Balaban J connectivity index is 1.88. The number of amides is 3. The molecule has 0 unspecified atom stereocenters. The molecule has 1 aliphatic heterocycles. The molecule has 6 nitrogen and oxygen atoms in total. The first-order valence-electron chi connectivity index (χ1n) is 6.01. The van der Waals surface area contributed by atoms with Crippen molar-refractivity contribution >= 4 is 34.9 Å². The summed E-state index contributed by atoms with van der Waals surface area (Å²) in [4.78, 5) is 30.6. The number of fused-ring (bicyclic) bond motifs is 1. The van der Waals surface area contributed by atoms with Gasteiger partial charge in [-0.2, -0.15) is 9.98 Å². The van der Waals surface area contributed by atoms with Crippen LogP contribution in [0.1, 0.15) is 10.4 Å². The van der Waals surface area contributed by atoms with Crippen molar-refractivity contribution < 1.29 is 9.59 Å². The lowest BCUT2D eigenvalue weighted by molar-refractivity contribution is 0.102. The fraction of sp³-hybridized carbons (Fsp3) is 0. The number of anilines is 2. The molecule has 3 amide bonds. The van der Waals surface area contributed by atoms with Gasteiger partial charge in [0.1, 0.15) is 0 Å². The summed E-state index contributed by atoms with van der Waals surface area (Å²) in [5.74, 6) is -0.334. The number of halogens is 1. The molecule has 2 aromatic carbocycles. The van der Waals surface area contributed by atoms with Crippen LogP contribution in [0.4, 0.5) is 16.2 Å². The first-order valence-corrected chi connectivity index (χ1v) is 6.38. The molecular formula is C14H9ClN4O2. The van der Waals surface area contributed by atoms with Gasteiger partial charge in [-0.1, -0.05) is 11.6 Å². The maximum Gasteiger partial charge on any atom is 0.368 e. The van der Waals surface area contributed by atoms with E-state index < -0.39 is 6.03 Å². The number of rotatable bonds is 2. The quantitative estimate of drug-likeness (QED) is 0.823. The Hall–Kier alpha value is -2.73. The second-order valence-electron chi connectivity index (χ2n) is 4.40. The number of nitrogens with one attached hydrogen (secondary N) is 1. The second-order valence-corrected chi connectivity index (χ2v) is 4.81. The van der Waals surface area contributed by atoms with Crippen LogP contribution in [0.2, 0.25) is 5.02 Å². The molecule has 2 aromatic rings. The van der Waals surface area contributed by atoms with Crippen LogP contribution in [-0.4, -0.2) is 11.9 Å². The van der Waals surface area contributed by atoms with Crippen LogP contribution in [-0.2, 0) is 0 Å². The molecule has 0 aliphatic carbocycles. The highest BCUT2D eigenvalue weighted by atomic mass is 35.5. The monoisotopic (exact) mass is 300 g/mol. The molecule has 3 N–H and O–H groups in total. The van der Waals surface area contributed by atoms with Crippen LogP contribution in [0.3, 0.4) is 0 Å². The summed E-state index contributed by atoms with van der Waals surface area (Å²) < 4.78 is 0. The van der Waals surface area contributed by atoms with E-state index in [2.05, 4.69) is 15.3 Å². The molecule has 1 aliphatic rings. The normalized spacial score (nSPS) is 12.3. The molecule has 1 heterocycles. The van der Waals surface area contributed by atoms with Crippen molar-refractivity contribution in [1.29, 1.82) is 0 Å². The number of urea groups is 1. The van der Waals surface area contributed by atoms with Gasteiger partial charge >= 0.3 is 6.03 Å². The van der Waals surface area contributed by atoms with Gasteiger partial charge in [0.05, 0.1) is 21.4 Å². The third-order valence-electron chi connectivity index (χ3n) is 2.92.